The zero-order chi connectivity index (χ0) is 14.6. The Morgan fingerprint density at radius 3 is 2.47 bits per heavy atom. The fourth-order valence-corrected chi connectivity index (χ4v) is 1.31. The Labute approximate surface area is 106 Å². The second-order valence-electron chi connectivity index (χ2n) is 3.24. The van der Waals surface area contributed by atoms with Gasteiger partial charge in [-0.25, -0.2) is 4.79 Å². The number of nitrogens with zero attached hydrogens (tertiary/aromatic N) is 1. The predicted octanol–water partition coefficient (Wildman–Crippen LogP) is 1.23. The zero-order valence-corrected chi connectivity index (χ0v) is 10.1. The normalized spacial score (nSPS) is 11.1. The van der Waals surface area contributed by atoms with E-state index in [1.807, 2.05) is 0 Å². The van der Waals surface area contributed by atoms with E-state index in [0.717, 1.165) is 13.2 Å². The zero-order valence-electron chi connectivity index (χ0n) is 10.1. The van der Waals surface area contributed by atoms with Gasteiger partial charge in [0.25, 0.3) is 0 Å². The van der Waals surface area contributed by atoms with Gasteiger partial charge in [0.1, 0.15) is 0 Å². The van der Waals surface area contributed by atoms with Crippen molar-refractivity contribution in [3.05, 3.63) is 17.2 Å². The van der Waals surface area contributed by atoms with Crippen LogP contribution in [0.1, 0.15) is 15.9 Å². The first-order chi connectivity index (χ1) is 8.82. The van der Waals surface area contributed by atoms with Crippen molar-refractivity contribution >= 4 is 5.97 Å². The molecule has 0 amide bonds. The van der Waals surface area contributed by atoms with Gasteiger partial charge in [0.15, 0.2) is 0 Å². The van der Waals surface area contributed by atoms with E-state index >= 15 is 0 Å². The molecule has 106 valence electrons. The van der Waals surface area contributed by atoms with Crippen molar-refractivity contribution in [1.82, 2.24) is 4.98 Å². The first-order valence-corrected chi connectivity index (χ1v) is 4.94. The summed E-state index contributed by atoms with van der Waals surface area (Å²) in [7, 11) is 2.27. The Morgan fingerprint density at radius 1 is 1.42 bits per heavy atom. The Bertz CT molecular complexity index is 477. The third-order valence-corrected chi connectivity index (χ3v) is 2.09. The molecule has 2 N–H and O–H groups in total. The van der Waals surface area contributed by atoms with Crippen LogP contribution in [0.15, 0.2) is 6.07 Å². The highest BCUT2D eigenvalue weighted by atomic mass is 19.4. The number of nitrogens with two attached hydrogens (primary N) is 1. The van der Waals surface area contributed by atoms with Crippen LogP contribution in [0, 0.1) is 0 Å². The van der Waals surface area contributed by atoms with Gasteiger partial charge in [-0.2, -0.15) is 4.98 Å². The van der Waals surface area contributed by atoms with Crippen molar-refractivity contribution in [3.63, 3.8) is 0 Å². The number of rotatable bonds is 4. The van der Waals surface area contributed by atoms with Crippen LogP contribution in [-0.4, -0.2) is 31.5 Å². The Morgan fingerprint density at radius 2 is 2.05 bits per heavy atom. The highest BCUT2D eigenvalue weighted by molar-refractivity contribution is 5.92. The van der Waals surface area contributed by atoms with Gasteiger partial charge >= 0.3 is 12.3 Å². The number of hydrogen-bond acceptors (Lipinski definition) is 6. The van der Waals surface area contributed by atoms with Crippen molar-refractivity contribution in [3.8, 4) is 11.8 Å². The van der Waals surface area contributed by atoms with Crippen LogP contribution in [0.5, 0.6) is 11.8 Å². The van der Waals surface area contributed by atoms with Crippen molar-refractivity contribution in [2.24, 2.45) is 5.73 Å². The minimum Gasteiger partial charge on any atom is -0.481 e. The quantitative estimate of drug-likeness (QED) is 0.835. The van der Waals surface area contributed by atoms with E-state index in [9.17, 15) is 18.0 Å². The monoisotopic (exact) mass is 280 g/mol. The molecule has 0 atom stereocenters. The van der Waals surface area contributed by atoms with Gasteiger partial charge in [-0.05, 0) is 0 Å². The topological polar surface area (TPSA) is 83.7 Å². The van der Waals surface area contributed by atoms with Gasteiger partial charge < -0.3 is 19.9 Å². The minimum atomic E-state index is -4.96. The molecule has 0 saturated carbocycles. The van der Waals surface area contributed by atoms with Gasteiger partial charge in [-0.3, -0.25) is 0 Å². The third kappa shape index (κ3) is 3.71. The number of carbonyl (C=O) groups is 1. The maximum absolute atomic E-state index is 12.2. The number of alkyl halides is 3. The lowest BCUT2D eigenvalue weighted by atomic mass is 10.1. The van der Waals surface area contributed by atoms with Crippen molar-refractivity contribution < 1.29 is 32.2 Å². The van der Waals surface area contributed by atoms with E-state index in [1.165, 1.54) is 7.11 Å². The molecule has 0 saturated heterocycles. The largest absolute Gasteiger partial charge is 0.574 e. The van der Waals surface area contributed by atoms with E-state index in [1.54, 1.807) is 0 Å². The van der Waals surface area contributed by atoms with Crippen LogP contribution in [0.2, 0.25) is 0 Å². The molecule has 1 aromatic rings. The van der Waals surface area contributed by atoms with Gasteiger partial charge in [-0.1, -0.05) is 0 Å². The molecule has 0 aliphatic rings. The van der Waals surface area contributed by atoms with E-state index in [2.05, 4.69) is 14.5 Å². The number of halogens is 3. The lowest BCUT2D eigenvalue weighted by Crippen LogP contribution is -2.21. The van der Waals surface area contributed by atoms with Crippen LogP contribution in [0.3, 0.4) is 0 Å². The number of pyridine rings is 1. The van der Waals surface area contributed by atoms with E-state index in [4.69, 9.17) is 10.5 Å². The van der Waals surface area contributed by atoms with Gasteiger partial charge in [0.05, 0.1) is 19.8 Å². The summed E-state index contributed by atoms with van der Waals surface area (Å²) in [6.07, 6.45) is -4.96. The van der Waals surface area contributed by atoms with Crippen LogP contribution in [0.25, 0.3) is 0 Å². The number of esters is 1. The number of carbonyl (C=O) groups excluding carboxylic acids is 1. The van der Waals surface area contributed by atoms with Gasteiger partial charge in [0, 0.05) is 18.2 Å². The molecule has 0 aliphatic carbocycles. The van der Waals surface area contributed by atoms with Crippen LogP contribution in [0.4, 0.5) is 13.2 Å². The number of ether oxygens (including phenoxy) is 3. The van der Waals surface area contributed by atoms with Crippen LogP contribution < -0.4 is 15.2 Å². The fraction of sp³-hybridized carbons (Fsp3) is 0.400. The molecule has 19 heavy (non-hydrogen) atoms. The molecule has 0 aliphatic heterocycles. The third-order valence-electron chi connectivity index (χ3n) is 2.09. The molecular weight excluding hydrogens is 269 g/mol. The molecular formula is C10H11F3N2O4. The summed E-state index contributed by atoms with van der Waals surface area (Å²) in [5.74, 6) is -1.93. The number of aromatic nitrogens is 1. The Balaban J connectivity index is 3.39. The summed E-state index contributed by atoms with van der Waals surface area (Å²) in [5, 5.41) is 0. The Kier molecular flexibility index (Phi) is 4.54. The first kappa shape index (κ1) is 15.0. The van der Waals surface area contributed by atoms with Gasteiger partial charge in [0.2, 0.25) is 11.8 Å². The van der Waals surface area contributed by atoms with Crippen LogP contribution >= 0.6 is 0 Å². The smallest absolute Gasteiger partial charge is 0.481 e. The molecule has 1 aromatic heterocycles. The molecule has 0 unspecified atom stereocenters. The second-order valence-corrected chi connectivity index (χ2v) is 3.24. The molecule has 0 spiro atoms. The van der Waals surface area contributed by atoms with Gasteiger partial charge in [-0.15, -0.1) is 13.2 Å². The average Bonchev–Trinajstić information content (AvgIpc) is 2.34. The highest BCUT2D eigenvalue weighted by Gasteiger charge is 2.34. The fourth-order valence-electron chi connectivity index (χ4n) is 1.31. The number of hydrogen-bond donors (Lipinski definition) is 1. The lowest BCUT2D eigenvalue weighted by Gasteiger charge is -2.15. The SMILES string of the molecule is COC(=O)c1cc(OC)nc(OC(F)(F)F)c1CN. The maximum atomic E-state index is 12.2. The summed E-state index contributed by atoms with van der Waals surface area (Å²) in [5.41, 5.74) is 4.90. The second kappa shape index (κ2) is 5.74. The van der Waals surface area contributed by atoms with E-state index in [0.29, 0.717) is 0 Å². The summed E-state index contributed by atoms with van der Waals surface area (Å²) in [4.78, 5) is 15.0. The molecule has 0 bridgehead atoms. The molecule has 6 nitrogen and oxygen atoms in total. The maximum Gasteiger partial charge on any atom is 0.574 e. The standard InChI is InChI=1S/C10H11F3N2O4/c1-17-7-3-5(9(16)18-2)6(4-14)8(15-7)19-10(11,12)13/h3H,4,14H2,1-2H3. The highest BCUT2D eigenvalue weighted by Crippen LogP contribution is 2.29. The molecule has 1 rings (SSSR count). The van der Waals surface area contributed by atoms with E-state index < -0.39 is 18.2 Å². The summed E-state index contributed by atoms with van der Waals surface area (Å²) >= 11 is 0. The summed E-state index contributed by atoms with van der Waals surface area (Å²) < 4.78 is 49.6. The summed E-state index contributed by atoms with van der Waals surface area (Å²) in [6.45, 7) is -0.382. The Hall–Kier alpha value is -2.03. The predicted molar refractivity (Wildman–Crippen MR) is 56.7 cm³/mol. The molecule has 1 heterocycles. The van der Waals surface area contributed by atoms with Crippen LogP contribution in [-0.2, 0) is 11.3 Å². The number of methoxy groups -OCH3 is 2. The van der Waals surface area contributed by atoms with Crippen molar-refractivity contribution in [1.29, 1.82) is 0 Å². The lowest BCUT2D eigenvalue weighted by molar-refractivity contribution is -0.276. The molecule has 0 aromatic carbocycles. The molecule has 9 heteroatoms. The van der Waals surface area contributed by atoms with E-state index in [-0.39, 0.29) is 23.6 Å². The van der Waals surface area contributed by atoms with Crippen molar-refractivity contribution in [2.75, 3.05) is 14.2 Å². The molecule has 0 fully saturated rings. The van der Waals surface area contributed by atoms with Crippen molar-refractivity contribution in [2.45, 2.75) is 12.9 Å². The summed E-state index contributed by atoms with van der Waals surface area (Å²) in [6, 6.07) is 1.12. The average molecular weight is 280 g/mol. The molecule has 0 radical (unpaired) electrons. The first-order valence-electron chi connectivity index (χ1n) is 4.94. The minimum absolute atomic E-state index is 0.198.